The molecule has 4 aromatic rings. The Balaban J connectivity index is 1.42. The minimum atomic E-state index is 0.742. The maximum Gasteiger partial charge on any atom is 0.226 e. The first-order chi connectivity index (χ1) is 14.3. The van der Waals surface area contributed by atoms with Gasteiger partial charge in [0.25, 0.3) is 0 Å². The number of oxazole rings is 1. The zero-order valence-electron chi connectivity index (χ0n) is 16.6. The van der Waals surface area contributed by atoms with Crippen molar-refractivity contribution in [2.24, 2.45) is 0 Å². The lowest BCUT2D eigenvalue weighted by atomic mass is 9.96. The fourth-order valence-corrected chi connectivity index (χ4v) is 4.14. The SMILES string of the molecule is Cc1c(-c2ccccc2)cccc1-c1nc2c(o1)CN(Cc1ccccc1)CC2. The van der Waals surface area contributed by atoms with Crippen molar-refractivity contribution in [1.82, 2.24) is 9.88 Å². The first-order valence-corrected chi connectivity index (χ1v) is 10.2. The van der Waals surface area contributed by atoms with Crippen LogP contribution in [-0.4, -0.2) is 16.4 Å². The predicted molar refractivity (Wildman–Crippen MR) is 116 cm³/mol. The summed E-state index contributed by atoms with van der Waals surface area (Å²) in [4.78, 5) is 7.30. The Morgan fingerprint density at radius 2 is 1.59 bits per heavy atom. The van der Waals surface area contributed by atoms with E-state index in [0.717, 1.165) is 49.0 Å². The van der Waals surface area contributed by atoms with Crippen LogP contribution in [0.25, 0.3) is 22.6 Å². The lowest BCUT2D eigenvalue weighted by molar-refractivity contribution is 0.221. The van der Waals surface area contributed by atoms with Crippen molar-refractivity contribution in [1.29, 1.82) is 0 Å². The lowest BCUT2D eigenvalue weighted by Crippen LogP contribution is -2.29. The van der Waals surface area contributed by atoms with Crippen molar-refractivity contribution in [3.63, 3.8) is 0 Å². The van der Waals surface area contributed by atoms with Crippen molar-refractivity contribution in [3.05, 3.63) is 101 Å². The molecular formula is C26H24N2O. The molecule has 0 saturated heterocycles. The van der Waals surface area contributed by atoms with Crippen LogP contribution in [0.1, 0.15) is 22.6 Å². The molecule has 0 spiro atoms. The number of rotatable bonds is 4. The summed E-state index contributed by atoms with van der Waals surface area (Å²) in [5.41, 5.74) is 7.17. The number of aromatic nitrogens is 1. The Bertz CT molecular complexity index is 1120. The van der Waals surface area contributed by atoms with Crippen LogP contribution >= 0.6 is 0 Å². The van der Waals surface area contributed by atoms with Crippen LogP contribution in [0.15, 0.2) is 83.3 Å². The number of fused-ring (bicyclic) bond motifs is 1. The number of benzene rings is 3. The van der Waals surface area contributed by atoms with Gasteiger partial charge in [-0.15, -0.1) is 0 Å². The quantitative estimate of drug-likeness (QED) is 0.443. The second-order valence-electron chi connectivity index (χ2n) is 7.68. The van der Waals surface area contributed by atoms with E-state index in [4.69, 9.17) is 9.40 Å². The minimum absolute atomic E-state index is 0.742. The van der Waals surface area contributed by atoms with E-state index in [1.165, 1.54) is 22.3 Å². The highest BCUT2D eigenvalue weighted by Crippen LogP contribution is 2.33. The Kier molecular flexibility index (Phi) is 4.74. The molecule has 1 aromatic heterocycles. The van der Waals surface area contributed by atoms with Crippen molar-refractivity contribution in [2.45, 2.75) is 26.4 Å². The molecule has 0 N–H and O–H groups in total. The first kappa shape index (κ1) is 17.9. The summed E-state index contributed by atoms with van der Waals surface area (Å²) in [5.74, 6) is 1.75. The van der Waals surface area contributed by atoms with E-state index in [0.29, 0.717) is 0 Å². The fourth-order valence-electron chi connectivity index (χ4n) is 4.14. The second-order valence-corrected chi connectivity index (χ2v) is 7.68. The third-order valence-corrected chi connectivity index (χ3v) is 5.71. The van der Waals surface area contributed by atoms with Gasteiger partial charge in [0, 0.05) is 25.1 Å². The van der Waals surface area contributed by atoms with Gasteiger partial charge in [0.05, 0.1) is 12.2 Å². The average Bonchev–Trinajstić information content (AvgIpc) is 3.18. The van der Waals surface area contributed by atoms with Crippen LogP contribution in [-0.2, 0) is 19.5 Å². The number of nitrogens with zero attached hydrogens (tertiary/aromatic N) is 2. The van der Waals surface area contributed by atoms with E-state index in [2.05, 4.69) is 84.6 Å². The van der Waals surface area contributed by atoms with Crippen LogP contribution in [0.2, 0.25) is 0 Å². The van der Waals surface area contributed by atoms with Crippen LogP contribution < -0.4 is 0 Å². The molecule has 0 fully saturated rings. The van der Waals surface area contributed by atoms with Gasteiger partial charge in [0.1, 0.15) is 5.76 Å². The summed E-state index contributed by atoms with van der Waals surface area (Å²) in [6.07, 6.45) is 0.934. The van der Waals surface area contributed by atoms with E-state index < -0.39 is 0 Å². The zero-order valence-corrected chi connectivity index (χ0v) is 16.6. The molecule has 2 heterocycles. The Morgan fingerprint density at radius 1 is 0.862 bits per heavy atom. The van der Waals surface area contributed by atoms with Crippen molar-refractivity contribution < 1.29 is 4.42 Å². The van der Waals surface area contributed by atoms with Gasteiger partial charge in [-0.25, -0.2) is 4.98 Å². The summed E-state index contributed by atoms with van der Waals surface area (Å²) in [6.45, 7) is 4.92. The van der Waals surface area contributed by atoms with E-state index in [1.54, 1.807) is 0 Å². The van der Waals surface area contributed by atoms with E-state index in [-0.39, 0.29) is 0 Å². The third kappa shape index (κ3) is 3.62. The summed E-state index contributed by atoms with van der Waals surface area (Å²) in [6, 6.07) is 27.5. The molecule has 1 aliphatic heterocycles. The fraction of sp³-hybridized carbons (Fsp3) is 0.192. The van der Waals surface area contributed by atoms with Crippen LogP contribution in [0.3, 0.4) is 0 Å². The van der Waals surface area contributed by atoms with Crippen molar-refractivity contribution in [2.75, 3.05) is 6.54 Å². The van der Waals surface area contributed by atoms with Gasteiger partial charge in [-0.05, 0) is 35.2 Å². The molecule has 0 bridgehead atoms. The molecular weight excluding hydrogens is 356 g/mol. The molecule has 3 aromatic carbocycles. The Morgan fingerprint density at radius 3 is 2.38 bits per heavy atom. The van der Waals surface area contributed by atoms with Gasteiger partial charge in [-0.1, -0.05) is 72.8 Å². The first-order valence-electron chi connectivity index (χ1n) is 10.2. The topological polar surface area (TPSA) is 29.3 Å². The van der Waals surface area contributed by atoms with Gasteiger partial charge in [0.15, 0.2) is 0 Å². The molecule has 0 aliphatic carbocycles. The van der Waals surface area contributed by atoms with Gasteiger partial charge in [-0.2, -0.15) is 0 Å². The maximum atomic E-state index is 6.28. The molecule has 29 heavy (non-hydrogen) atoms. The monoisotopic (exact) mass is 380 g/mol. The largest absolute Gasteiger partial charge is 0.439 e. The standard InChI is InChI=1S/C26H24N2O/c1-19-22(21-11-6-3-7-12-21)13-8-14-23(19)26-27-24-15-16-28(18-25(24)29-26)17-20-9-4-2-5-10-20/h2-14H,15-18H2,1H3. The van der Waals surface area contributed by atoms with Crippen LogP contribution in [0.4, 0.5) is 0 Å². The van der Waals surface area contributed by atoms with E-state index in [9.17, 15) is 0 Å². The zero-order chi connectivity index (χ0) is 19.6. The summed E-state index contributed by atoms with van der Waals surface area (Å²) in [7, 11) is 0. The van der Waals surface area contributed by atoms with Gasteiger partial charge in [0.2, 0.25) is 5.89 Å². The Labute approximate surface area is 171 Å². The second kappa shape index (κ2) is 7.69. The van der Waals surface area contributed by atoms with E-state index >= 15 is 0 Å². The van der Waals surface area contributed by atoms with Gasteiger partial charge >= 0.3 is 0 Å². The van der Waals surface area contributed by atoms with Gasteiger partial charge in [-0.3, -0.25) is 4.90 Å². The number of hydrogen-bond acceptors (Lipinski definition) is 3. The smallest absolute Gasteiger partial charge is 0.226 e. The molecule has 5 rings (SSSR count). The predicted octanol–water partition coefficient (Wildman–Crippen LogP) is 5.88. The average molecular weight is 380 g/mol. The molecule has 0 saturated carbocycles. The number of hydrogen-bond donors (Lipinski definition) is 0. The lowest BCUT2D eigenvalue weighted by Gasteiger charge is -2.24. The normalized spacial score (nSPS) is 14.0. The van der Waals surface area contributed by atoms with Crippen molar-refractivity contribution in [3.8, 4) is 22.6 Å². The summed E-state index contributed by atoms with van der Waals surface area (Å²) < 4.78 is 6.28. The highest BCUT2D eigenvalue weighted by atomic mass is 16.4. The summed E-state index contributed by atoms with van der Waals surface area (Å²) in [5, 5.41) is 0. The molecule has 0 radical (unpaired) electrons. The molecule has 0 atom stereocenters. The molecule has 0 amide bonds. The van der Waals surface area contributed by atoms with Crippen LogP contribution in [0.5, 0.6) is 0 Å². The molecule has 3 heteroatoms. The maximum absolute atomic E-state index is 6.28. The third-order valence-electron chi connectivity index (χ3n) is 5.71. The highest BCUT2D eigenvalue weighted by Gasteiger charge is 2.23. The van der Waals surface area contributed by atoms with E-state index in [1.807, 2.05) is 6.07 Å². The van der Waals surface area contributed by atoms with Crippen molar-refractivity contribution >= 4 is 0 Å². The Hall–Kier alpha value is -3.17. The van der Waals surface area contributed by atoms with Crippen LogP contribution in [0, 0.1) is 6.92 Å². The molecule has 0 unspecified atom stereocenters. The molecule has 1 aliphatic rings. The molecule has 3 nitrogen and oxygen atoms in total. The summed E-state index contributed by atoms with van der Waals surface area (Å²) >= 11 is 0. The van der Waals surface area contributed by atoms with Gasteiger partial charge < -0.3 is 4.42 Å². The highest BCUT2D eigenvalue weighted by molar-refractivity contribution is 5.75. The molecule has 144 valence electrons. The minimum Gasteiger partial charge on any atom is -0.439 e.